The molecule has 1 unspecified atom stereocenters. The monoisotopic (exact) mass is 584 g/mol. The SMILES string of the molecule is CCc1nc2ccc(-c3cnc(CC(=O)N4CC[C@H](O)C4)cn3)cn2c1N(C)C1NC(c2ccc(F)cc2)=C(C#N)S1. The van der Waals surface area contributed by atoms with Gasteiger partial charge in [-0.1, -0.05) is 18.7 Å². The van der Waals surface area contributed by atoms with Crippen molar-refractivity contribution in [1.82, 2.24) is 29.6 Å². The molecule has 2 aliphatic heterocycles. The van der Waals surface area contributed by atoms with Gasteiger partial charge in [0.2, 0.25) is 5.91 Å². The quantitative estimate of drug-likeness (QED) is 0.336. The van der Waals surface area contributed by atoms with Crippen molar-refractivity contribution in [2.75, 3.05) is 25.0 Å². The highest BCUT2D eigenvalue weighted by molar-refractivity contribution is 8.04. The van der Waals surface area contributed by atoms with Crippen LogP contribution in [0, 0.1) is 17.1 Å². The summed E-state index contributed by atoms with van der Waals surface area (Å²) >= 11 is 1.40. The maximum Gasteiger partial charge on any atom is 0.228 e. The Morgan fingerprint density at radius 2 is 2.00 bits per heavy atom. The van der Waals surface area contributed by atoms with Crippen molar-refractivity contribution in [3.8, 4) is 17.3 Å². The van der Waals surface area contributed by atoms with E-state index in [-0.39, 0.29) is 23.6 Å². The van der Waals surface area contributed by atoms with Crippen LogP contribution in [-0.2, 0) is 17.6 Å². The molecule has 0 spiro atoms. The lowest BCUT2D eigenvalue weighted by Gasteiger charge is -2.27. The van der Waals surface area contributed by atoms with E-state index in [1.165, 1.54) is 23.9 Å². The maximum absolute atomic E-state index is 13.5. The van der Waals surface area contributed by atoms with Crippen molar-refractivity contribution in [2.24, 2.45) is 0 Å². The van der Waals surface area contributed by atoms with Crippen LogP contribution in [0.15, 0.2) is 59.9 Å². The van der Waals surface area contributed by atoms with Gasteiger partial charge < -0.3 is 20.2 Å². The number of thioether (sulfide) groups is 1. The summed E-state index contributed by atoms with van der Waals surface area (Å²) in [5.74, 6) is 0.477. The third-order valence-electron chi connectivity index (χ3n) is 7.49. The van der Waals surface area contributed by atoms with E-state index in [1.807, 2.05) is 36.7 Å². The second-order valence-corrected chi connectivity index (χ2v) is 11.4. The number of benzene rings is 1. The topological polar surface area (TPSA) is 123 Å². The van der Waals surface area contributed by atoms with Gasteiger partial charge >= 0.3 is 0 Å². The number of allylic oxidation sites excluding steroid dienone is 1. The minimum Gasteiger partial charge on any atom is -0.391 e. The first kappa shape index (κ1) is 27.7. The molecule has 0 radical (unpaired) electrons. The van der Waals surface area contributed by atoms with Gasteiger partial charge in [-0.15, -0.1) is 0 Å². The molecule has 1 aromatic carbocycles. The molecule has 0 bridgehead atoms. The molecule has 6 rings (SSSR count). The van der Waals surface area contributed by atoms with E-state index in [0.29, 0.717) is 47.9 Å². The Morgan fingerprint density at radius 1 is 1.21 bits per heavy atom. The van der Waals surface area contributed by atoms with Crippen molar-refractivity contribution in [2.45, 2.75) is 37.8 Å². The molecule has 1 saturated heterocycles. The van der Waals surface area contributed by atoms with Gasteiger partial charge in [0.25, 0.3) is 0 Å². The summed E-state index contributed by atoms with van der Waals surface area (Å²) in [6, 6.07) is 12.2. The van der Waals surface area contributed by atoms with Crippen LogP contribution in [0.4, 0.5) is 10.2 Å². The van der Waals surface area contributed by atoms with Crippen molar-refractivity contribution < 1.29 is 14.3 Å². The number of aliphatic hydroxyl groups is 1. The van der Waals surface area contributed by atoms with E-state index in [4.69, 9.17) is 4.98 Å². The van der Waals surface area contributed by atoms with Gasteiger partial charge in [-0.2, -0.15) is 5.26 Å². The number of anilines is 1. The number of hydrogen-bond donors (Lipinski definition) is 2. The number of nitriles is 1. The zero-order valence-electron chi connectivity index (χ0n) is 23.2. The molecular formula is C30H29FN8O2S. The van der Waals surface area contributed by atoms with Gasteiger partial charge in [-0.3, -0.25) is 19.2 Å². The van der Waals surface area contributed by atoms with E-state index >= 15 is 0 Å². The first-order valence-electron chi connectivity index (χ1n) is 13.7. The van der Waals surface area contributed by atoms with Crippen LogP contribution in [0.1, 0.15) is 30.3 Å². The Balaban J connectivity index is 1.25. The third-order valence-corrected chi connectivity index (χ3v) is 8.68. The van der Waals surface area contributed by atoms with E-state index in [2.05, 4.69) is 26.3 Å². The van der Waals surface area contributed by atoms with Gasteiger partial charge in [0.05, 0.1) is 41.5 Å². The lowest BCUT2D eigenvalue weighted by atomic mass is 10.1. The molecule has 2 atom stereocenters. The Bertz CT molecular complexity index is 1710. The number of aryl methyl sites for hydroxylation is 1. The highest BCUT2D eigenvalue weighted by atomic mass is 32.2. The number of imidazole rings is 1. The number of nitrogens with zero attached hydrogens (tertiary/aromatic N) is 7. The lowest BCUT2D eigenvalue weighted by molar-refractivity contribution is -0.129. The maximum atomic E-state index is 13.5. The molecule has 4 aromatic rings. The van der Waals surface area contributed by atoms with Crippen molar-refractivity contribution in [1.29, 1.82) is 5.26 Å². The average Bonchev–Trinajstić information content (AvgIpc) is 3.73. The van der Waals surface area contributed by atoms with Gasteiger partial charge in [0.15, 0.2) is 5.50 Å². The number of aromatic nitrogens is 4. The fraction of sp³-hybridized carbons (Fsp3) is 0.300. The van der Waals surface area contributed by atoms with Gasteiger partial charge in [-0.25, -0.2) is 9.37 Å². The number of pyridine rings is 1. The largest absolute Gasteiger partial charge is 0.391 e. The van der Waals surface area contributed by atoms with E-state index < -0.39 is 6.10 Å². The van der Waals surface area contributed by atoms with Crippen LogP contribution < -0.4 is 10.2 Å². The Labute approximate surface area is 246 Å². The smallest absolute Gasteiger partial charge is 0.228 e. The van der Waals surface area contributed by atoms with Crippen LogP contribution in [0.5, 0.6) is 0 Å². The number of halogens is 1. The van der Waals surface area contributed by atoms with Gasteiger partial charge in [-0.05, 0) is 54.8 Å². The second-order valence-electron chi connectivity index (χ2n) is 10.3. The summed E-state index contributed by atoms with van der Waals surface area (Å²) in [4.78, 5) is 30.7. The van der Waals surface area contributed by atoms with Crippen molar-refractivity contribution >= 4 is 34.8 Å². The standard InChI is InChI=1S/C30H29FN8O2S/c1-3-23-29(37(2)30-36-28(25(13-32)42-30)18-4-7-20(31)8-5-18)39-16-19(6-9-26(39)35-23)24-15-33-21(14-34-24)12-27(41)38-11-10-22(40)17-38/h4-9,14-16,22,30,36,40H,3,10-12,17H2,1-2H3/t22-,30?/m0/s1. The number of amides is 1. The summed E-state index contributed by atoms with van der Waals surface area (Å²) in [5, 5.41) is 23.0. The highest BCUT2D eigenvalue weighted by Gasteiger charge is 2.31. The number of fused-ring (bicyclic) bond motifs is 1. The number of β-amino-alcohol motifs (C(OH)–C–C–N with tert-alkyl or cyclic N) is 1. The molecule has 10 nitrogen and oxygen atoms in total. The molecule has 214 valence electrons. The first-order valence-corrected chi connectivity index (χ1v) is 14.6. The minimum absolute atomic E-state index is 0.0665. The summed E-state index contributed by atoms with van der Waals surface area (Å²) in [7, 11) is 1.95. The molecule has 2 N–H and O–H groups in total. The van der Waals surface area contributed by atoms with Crippen LogP contribution in [0.2, 0.25) is 0 Å². The van der Waals surface area contributed by atoms with Gasteiger partial charge in [0, 0.05) is 38.1 Å². The number of nitrogens with one attached hydrogen (secondary N) is 1. The molecule has 0 saturated carbocycles. The summed E-state index contributed by atoms with van der Waals surface area (Å²) < 4.78 is 15.5. The van der Waals surface area contributed by atoms with E-state index in [0.717, 1.165) is 28.3 Å². The molecule has 3 aromatic heterocycles. The summed E-state index contributed by atoms with van der Waals surface area (Å²) in [6.07, 6.45) is 6.23. The number of rotatable bonds is 7. The van der Waals surface area contributed by atoms with Crippen LogP contribution in [-0.4, -0.2) is 67.0 Å². The number of hydrogen-bond acceptors (Lipinski definition) is 9. The highest BCUT2D eigenvalue weighted by Crippen LogP contribution is 2.38. The molecule has 1 fully saturated rings. The van der Waals surface area contributed by atoms with Crippen molar-refractivity contribution in [3.63, 3.8) is 0 Å². The van der Waals surface area contributed by atoms with Crippen molar-refractivity contribution in [3.05, 3.63) is 82.7 Å². The third kappa shape index (κ3) is 5.29. The Hall–Kier alpha value is -4.47. The number of likely N-dealkylation sites (tertiary alicyclic amines) is 1. The minimum atomic E-state index is -0.456. The fourth-order valence-corrected chi connectivity index (χ4v) is 6.27. The molecule has 2 aliphatic rings. The number of carbonyl (C=O) groups excluding carboxylic acids is 1. The average molecular weight is 585 g/mol. The Kier molecular flexibility index (Phi) is 7.53. The Morgan fingerprint density at radius 3 is 2.67 bits per heavy atom. The molecular weight excluding hydrogens is 555 g/mol. The number of aliphatic hydroxyl groups excluding tert-OH is 1. The van der Waals surface area contributed by atoms with Crippen LogP contribution in [0.25, 0.3) is 22.6 Å². The van der Waals surface area contributed by atoms with Gasteiger partial charge in [0.1, 0.15) is 28.3 Å². The lowest BCUT2D eigenvalue weighted by Crippen LogP contribution is -2.38. The zero-order valence-corrected chi connectivity index (χ0v) is 24.0. The van der Waals surface area contributed by atoms with E-state index in [1.54, 1.807) is 29.4 Å². The molecule has 0 aliphatic carbocycles. The normalized spacial score (nSPS) is 18.4. The predicted octanol–water partition coefficient (Wildman–Crippen LogP) is 3.58. The van der Waals surface area contributed by atoms with Crippen LogP contribution >= 0.6 is 11.8 Å². The molecule has 12 heteroatoms. The number of carbonyl (C=O) groups is 1. The molecule has 42 heavy (non-hydrogen) atoms. The summed E-state index contributed by atoms with van der Waals surface area (Å²) in [5.41, 5.74) is 4.86. The first-order chi connectivity index (χ1) is 20.3. The molecule has 1 amide bonds. The predicted molar refractivity (Wildman–Crippen MR) is 158 cm³/mol. The fourth-order valence-electron chi connectivity index (χ4n) is 5.26. The van der Waals surface area contributed by atoms with Crippen LogP contribution in [0.3, 0.4) is 0 Å². The zero-order chi connectivity index (χ0) is 29.4. The second kappa shape index (κ2) is 11.4. The summed E-state index contributed by atoms with van der Waals surface area (Å²) in [6.45, 7) is 2.97. The molecule has 5 heterocycles. The van der Waals surface area contributed by atoms with E-state index in [9.17, 15) is 19.6 Å².